The number of anilines is 1. The number of carbonyl (C=O) groups excluding carboxylic acids is 2. The van der Waals surface area contributed by atoms with Crippen LogP contribution in [0.5, 0.6) is 5.75 Å². The molecule has 1 unspecified atom stereocenters. The van der Waals surface area contributed by atoms with Crippen LogP contribution in [0.4, 0.5) is 5.69 Å². The van der Waals surface area contributed by atoms with Gasteiger partial charge in [-0.3, -0.25) is 9.59 Å². The molecule has 2 rings (SSSR count). The predicted octanol–water partition coefficient (Wildman–Crippen LogP) is 0.616. The number of carboxylic acid groups (broad SMARTS) is 1. The van der Waals surface area contributed by atoms with Gasteiger partial charge in [-0.25, -0.2) is 4.79 Å². The molecule has 7 heteroatoms. The molecule has 1 atom stereocenters. The van der Waals surface area contributed by atoms with Gasteiger partial charge in [0.2, 0.25) is 5.91 Å². The van der Waals surface area contributed by atoms with E-state index in [1.54, 1.807) is 0 Å². The fourth-order valence-corrected chi connectivity index (χ4v) is 2.20. The average molecular weight is 279 g/mol. The number of aromatic carboxylic acids is 1. The number of benzene rings is 1. The molecule has 1 aromatic carbocycles. The van der Waals surface area contributed by atoms with E-state index in [0.29, 0.717) is 0 Å². The van der Waals surface area contributed by atoms with E-state index < -0.39 is 17.9 Å². The quantitative estimate of drug-likeness (QED) is 0.786. The highest BCUT2D eigenvalue weighted by Crippen LogP contribution is 2.30. The lowest BCUT2D eigenvalue weighted by Crippen LogP contribution is -2.27. The Morgan fingerprint density at radius 1 is 1.40 bits per heavy atom. The lowest BCUT2D eigenvalue weighted by atomic mass is 10.1. The highest BCUT2D eigenvalue weighted by Gasteiger charge is 2.37. The third-order valence-corrected chi connectivity index (χ3v) is 3.16. The van der Waals surface area contributed by atoms with Crippen LogP contribution >= 0.6 is 0 Å². The molecule has 0 aliphatic carbocycles. The summed E-state index contributed by atoms with van der Waals surface area (Å²) in [6.45, 7) is 0.0660. The van der Waals surface area contributed by atoms with Crippen LogP contribution < -0.4 is 4.90 Å². The number of esters is 1. The smallest absolute Gasteiger partial charge is 0.337 e. The summed E-state index contributed by atoms with van der Waals surface area (Å²) in [5.74, 6) is -2.93. The first-order chi connectivity index (χ1) is 9.43. The zero-order chi connectivity index (χ0) is 14.9. The van der Waals surface area contributed by atoms with Crippen molar-refractivity contribution >= 4 is 23.5 Å². The maximum absolute atomic E-state index is 11.9. The van der Waals surface area contributed by atoms with E-state index in [0.717, 1.165) is 6.07 Å². The lowest BCUT2D eigenvalue weighted by molar-refractivity contribution is -0.145. The maximum atomic E-state index is 11.9. The first-order valence-electron chi connectivity index (χ1n) is 5.88. The SMILES string of the molecule is COC(=O)C1CC(=O)N(c2ccc(O)cc2C(=O)O)C1. The van der Waals surface area contributed by atoms with Crippen molar-refractivity contribution < 1.29 is 29.3 Å². The Kier molecular flexibility index (Phi) is 3.60. The molecule has 1 saturated heterocycles. The van der Waals surface area contributed by atoms with Crippen molar-refractivity contribution in [2.24, 2.45) is 5.92 Å². The van der Waals surface area contributed by atoms with E-state index in [4.69, 9.17) is 5.11 Å². The number of phenols is 1. The summed E-state index contributed by atoms with van der Waals surface area (Å²) in [5, 5.41) is 18.4. The molecule has 7 nitrogen and oxygen atoms in total. The Balaban J connectivity index is 2.35. The molecule has 0 spiro atoms. The Morgan fingerprint density at radius 3 is 2.70 bits per heavy atom. The lowest BCUT2D eigenvalue weighted by Gasteiger charge is -2.18. The van der Waals surface area contributed by atoms with Crippen LogP contribution in [0.3, 0.4) is 0 Å². The van der Waals surface area contributed by atoms with Gasteiger partial charge in [-0.15, -0.1) is 0 Å². The minimum Gasteiger partial charge on any atom is -0.508 e. The van der Waals surface area contributed by atoms with Gasteiger partial charge in [0.05, 0.1) is 24.3 Å². The van der Waals surface area contributed by atoms with E-state index in [2.05, 4.69) is 4.74 Å². The van der Waals surface area contributed by atoms with Gasteiger partial charge < -0.3 is 19.8 Å². The number of hydrogen-bond acceptors (Lipinski definition) is 5. The molecule has 106 valence electrons. The summed E-state index contributed by atoms with van der Waals surface area (Å²) in [5.41, 5.74) is -0.0319. The predicted molar refractivity (Wildman–Crippen MR) is 67.5 cm³/mol. The molecule has 1 fully saturated rings. The van der Waals surface area contributed by atoms with Crippen molar-refractivity contribution in [1.82, 2.24) is 0 Å². The molecular weight excluding hydrogens is 266 g/mol. The number of nitrogens with zero attached hydrogens (tertiary/aromatic N) is 1. The summed E-state index contributed by atoms with van der Waals surface area (Å²) in [4.78, 5) is 35.8. The largest absolute Gasteiger partial charge is 0.508 e. The normalized spacial score (nSPS) is 18.1. The van der Waals surface area contributed by atoms with Crippen LogP contribution in [-0.4, -0.2) is 41.7 Å². The molecule has 1 aromatic rings. The van der Waals surface area contributed by atoms with Gasteiger partial charge in [0, 0.05) is 13.0 Å². The Bertz CT molecular complexity index is 582. The van der Waals surface area contributed by atoms with Crippen molar-refractivity contribution in [1.29, 1.82) is 0 Å². The number of aromatic hydroxyl groups is 1. The fourth-order valence-electron chi connectivity index (χ4n) is 2.20. The molecular formula is C13H13NO6. The molecule has 20 heavy (non-hydrogen) atoms. The van der Waals surface area contributed by atoms with Crippen LogP contribution in [0.2, 0.25) is 0 Å². The summed E-state index contributed by atoms with van der Waals surface area (Å²) in [6, 6.07) is 3.70. The third kappa shape index (κ3) is 2.42. The molecule has 0 bridgehead atoms. The number of methoxy groups -OCH3 is 1. The van der Waals surface area contributed by atoms with E-state index in [1.165, 1.54) is 24.1 Å². The summed E-state index contributed by atoms with van der Waals surface area (Å²) < 4.78 is 4.59. The zero-order valence-corrected chi connectivity index (χ0v) is 10.7. The van der Waals surface area contributed by atoms with E-state index in [-0.39, 0.29) is 35.9 Å². The topological polar surface area (TPSA) is 104 Å². The molecule has 1 amide bonds. The number of ether oxygens (including phenoxy) is 1. The molecule has 2 N–H and O–H groups in total. The Hall–Kier alpha value is -2.57. The van der Waals surface area contributed by atoms with Gasteiger partial charge >= 0.3 is 11.9 Å². The van der Waals surface area contributed by atoms with Crippen molar-refractivity contribution in [2.75, 3.05) is 18.6 Å². The number of amides is 1. The monoisotopic (exact) mass is 279 g/mol. The molecule has 1 aliphatic heterocycles. The van der Waals surface area contributed by atoms with Crippen LogP contribution in [-0.2, 0) is 14.3 Å². The van der Waals surface area contributed by atoms with Gasteiger partial charge in [0.1, 0.15) is 5.75 Å². The van der Waals surface area contributed by atoms with Gasteiger partial charge in [0.15, 0.2) is 0 Å². The molecule has 1 aliphatic rings. The maximum Gasteiger partial charge on any atom is 0.337 e. The van der Waals surface area contributed by atoms with Crippen molar-refractivity contribution in [3.05, 3.63) is 23.8 Å². The summed E-state index contributed by atoms with van der Waals surface area (Å²) >= 11 is 0. The van der Waals surface area contributed by atoms with Gasteiger partial charge in [-0.1, -0.05) is 0 Å². The Morgan fingerprint density at radius 2 is 2.10 bits per heavy atom. The first-order valence-corrected chi connectivity index (χ1v) is 5.88. The average Bonchev–Trinajstić information content (AvgIpc) is 2.79. The zero-order valence-electron chi connectivity index (χ0n) is 10.7. The third-order valence-electron chi connectivity index (χ3n) is 3.16. The second-order valence-electron chi connectivity index (χ2n) is 4.44. The second kappa shape index (κ2) is 5.20. The summed E-state index contributed by atoms with van der Waals surface area (Å²) in [7, 11) is 1.23. The van der Waals surface area contributed by atoms with Crippen LogP contribution in [0, 0.1) is 5.92 Å². The van der Waals surface area contributed by atoms with Crippen molar-refractivity contribution in [3.8, 4) is 5.75 Å². The molecule has 0 aromatic heterocycles. The minimum atomic E-state index is -1.26. The second-order valence-corrected chi connectivity index (χ2v) is 4.44. The van der Waals surface area contributed by atoms with E-state index in [1.807, 2.05) is 0 Å². The van der Waals surface area contributed by atoms with Crippen LogP contribution in [0.15, 0.2) is 18.2 Å². The Labute approximate surface area is 114 Å². The number of phenolic OH excluding ortho intramolecular Hbond substituents is 1. The van der Waals surface area contributed by atoms with E-state index in [9.17, 15) is 19.5 Å². The van der Waals surface area contributed by atoms with Crippen molar-refractivity contribution in [3.63, 3.8) is 0 Å². The van der Waals surface area contributed by atoms with E-state index >= 15 is 0 Å². The first kappa shape index (κ1) is 13.9. The van der Waals surface area contributed by atoms with Crippen LogP contribution in [0.25, 0.3) is 0 Å². The number of rotatable bonds is 3. The molecule has 0 saturated carbocycles. The highest BCUT2D eigenvalue weighted by molar-refractivity contribution is 6.05. The van der Waals surface area contributed by atoms with Crippen LogP contribution in [0.1, 0.15) is 16.8 Å². The number of carbonyl (C=O) groups is 3. The summed E-state index contributed by atoms with van der Waals surface area (Å²) in [6.07, 6.45) is -0.0212. The molecule has 1 heterocycles. The van der Waals surface area contributed by atoms with Gasteiger partial charge in [0.25, 0.3) is 0 Å². The number of hydrogen-bond donors (Lipinski definition) is 2. The standard InChI is InChI=1S/C13H13NO6/c1-20-13(19)7-4-11(16)14(6-7)10-3-2-8(15)5-9(10)12(17)18/h2-3,5,7,15H,4,6H2,1H3,(H,17,18). The number of carboxylic acids is 1. The van der Waals surface area contributed by atoms with Gasteiger partial charge in [-0.05, 0) is 18.2 Å². The highest BCUT2D eigenvalue weighted by atomic mass is 16.5. The minimum absolute atomic E-state index is 0.0212. The van der Waals surface area contributed by atoms with Crippen molar-refractivity contribution in [2.45, 2.75) is 6.42 Å². The molecule has 0 radical (unpaired) electrons. The fraction of sp³-hybridized carbons (Fsp3) is 0.308. The van der Waals surface area contributed by atoms with Gasteiger partial charge in [-0.2, -0.15) is 0 Å².